The highest BCUT2D eigenvalue weighted by Gasteiger charge is 2.44. The normalized spacial score (nSPS) is 26.5. The van der Waals surface area contributed by atoms with Crippen molar-refractivity contribution < 1.29 is 18.9 Å². The van der Waals surface area contributed by atoms with Crippen LogP contribution in [-0.4, -0.2) is 29.6 Å². The summed E-state index contributed by atoms with van der Waals surface area (Å²) in [6, 6.07) is 20.2. The van der Waals surface area contributed by atoms with E-state index in [9.17, 15) is 0 Å². The Morgan fingerprint density at radius 1 is 1.04 bits per heavy atom. The predicted molar refractivity (Wildman–Crippen MR) is 101 cm³/mol. The third kappa shape index (κ3) is 3.14. The summed E-state index contributed by atoms with van der Waals surface area (Å²) in [4.78, 5) is 0. The first-order valence-electron chi connectivity index (χ1n) is 9.43. The minimum absolute atomic E-state index is 0.247. The Morgan fingerprint density at radius 2 is 1.79 bits per heavy atom. The van der Waals surface area contributed by atoms with Gasteiger partial charge in [-0.15, -0.1) is 0 Å². The Kier molecular flexibility index (Phi) is 4.70. The van der Waals surface area contributed by atoms with Crippen molar-refractivity contribution >= 4 is 0 Å². The first-order chi connectivity index (χ1) is 13.8. The number of aromatic nitrogens is 2. The van der Waals surface area contributed by atoms with E-state index in [0.29, 0.717) is 13.2 Å². The predicted octanol–water partition coefficient (Wildman–Crippen LogP) is 3.76. The zero-order valence-electron chi connectivity index (χ0n) is 15.6. The van der Waals surface area contributed by atoms with Gasteiger partial charge >= 0.3 is 0 Å². The number of methoxy groups -OCH3 is 1. The average Bonchev–Trinajstić information content (AvgIpc) is 3.18. The van der Waals surface area contributed by atoms with Crippen molar-refractivity contribution in [3.05, 3.63) is 89.2 Å². The second-order valence-electron chi connectivity index (χ2n) is 7.00. The van der Waals surface area contributed by atoms with E-state index < -0.39 is 12.6 Å². The Hall–Kier alpha value is -2.51. The number of benzene rings is 2. The maximum atomic E-state index is 6.37. The third-order valence-electron chi connectivity index (χ3n) is 5.21. The smallest absolute Gasteiger partial charge is 0.187 e. The Labute approximate surface area is 163 Å². The SMILES string of the molecule is CO[C@H]1O[C@@H]2CO[C@@H](c3ccccc3)O[C@H]2c2c1cnn2Cc1ccccc1. The van der Waals surface area contributed by atoms with Crippen LogP contribution in [0.3, 0.4) is 0 Å². The molecule has 4 atom stereocenters. The van der Waals surface area contributed by atoms with Crippen LogP contribution in [-0.2, 0) is 25.5 Å². The van der Waals surface area contributed by atoms with Gasteiger partial charge in [-0.1, -0.05) is 60.7 Å². The lowest BCUT2D eigenvalue weighted by Gasteiger charge is -2.41. The quantitative estimate of drug-likeness (QED) is 0.692. The van der Waals surface area contributed by atoms with Crippen LogP contribution in [0.4, 0.5) is 0 Å². The monoisotopic (exact) mass is 378 g/mol. The number of hydrogen-bond acceptors (Lipinski definition) is 5. The molecular weight excluding hydrogens is 356 g/mol. The molecule has 2 aliphatic heterocycles. The molecule has 28 heavy (non-hydrogen) atoms. The first-order valence-corrected chi connectivity index (χ1v) is 9.43. The molecule has 1 aromatic heterocycles. The van der Waals surface area contributed by atoms with Crippen LogP contribution < -0.4 is 0 Å². The van der Waals surface area contributed by atoms with E-state index in [1.165, 1.54) is 5.56 Å². The molecule has 6 heteroatoms. The molecule has 0 bridgehead atoms. The van der Waals surface area contributed by atoms with Gasteiger partial charge in [0, 0.05) is 12.7 Å². The zero-order chi connectivity index (χ0) is 18.9. The second-order valence-corrected chi connectivity index (χ2v) is 7.00. The van der Waals surface area contributed by atoms with E-state index in [2.05, 4.69) is 17.2 Å². The van der Waals surface area contributed by atoms with Crippen molar-refractivity contribution in [3.63, 3.8) is 0 Å². The molecule has 0 N–H and O–H groups in total. The fraction of sp³-hybridized carbons (Fsp3) is 0.318. The van der Waals surface area contributed by atoms with Crippen LogP contribution >= 0.6 is 0 Å². The van der Waals surface area contributed by atoms with Crippen molar-refractivity contribution in [2.45, 2.75) is 31.3 Å². The molecule has 1 saturated heterocycles. The van der Waals surface area contributed by atoms with Crippen molar-refractivity contribution in [2.75, 3.05) is 13.7 Å². The van der Waals surface area contributed by atoms with Gasteiger partial charge in [-0.3, -0.25) is 4.68 Å². The summed E-state index contributed by atoms with van der Waals surface area (Å²) >= 11 is 0. The van der Waals surface area contributed by atoms with E-state index >= 15 is 0 Å². The Balaban J connectivity index is 1.50. The molecule has 3 aromatic rings. The highest BCUT2D eigenvalue weighted by Crippen LogP contribution is 2.44. The van der Waals surface area contributed by atoms with Gasteiger partial charge in [-0.05, 0) is 5.56 Å². The van der Waals surface area contributed by atoms with Gasteiger partial charge in [0.15, 0.2) is 12.6 Å². The van der Waals surface area contributed by atoms with Gasteiger partial charge in [0.25, 0.3) is 0 Å². The molecule has 0 aliphatic carbocycles. The molecule has 5 rings (SSSR count). The summed E-state index contributed by atoms with van der Waals surface area (Å²) < 4.78 is 25.9. The zero-order valence-corrected chi connectivity index (χ0v) is 15.6. The van der Waals surface area contributed by atoms with E-state index in [4.69, 9.17) is 18.9 Å². The molecule has 2 aliphatic rings. The van der Waals surface area contributed by atoms with Gasteiger partial charge in [0.05, 0.1) is 30.6 Å². The van der Waals surface area contributed by atoms with E-state index in [1.54, 1.807) is 7.11 Å². The van der Waals surface area contributed by atoms with Crippen LogP contribution in [0.5, 0.6) is 0 Å². The Bertz CT molecular complexity index is 928. The topological polar surface area (TPSA) is 54.7 Å². The fourth-order valence-corrected chi connectivity index (χ4v) is 3.86. The summed E-state index contributed by atoms with van der Waals surface area (Å²) in [5.41, 5.74) is 4.08. The average molecular weight is 378 g/mol. The van der Waals surface area contributed by atoms with Crippen LogP contribution in [0.25, 0.3) is 0 Å². The number of hydrogen-bond donors (Lipinski definition) is 0. The van der Waals surface area contributed by atoms with E-state index in [1.807, 2.05) is 59.4 Å². The fourth-order valence-electron chi connectivity index (χ4n) is 3.86. The van der Waals surface area contributed by atoms with Gasteiger partial charge in [0.2, 0.25) is 0 Å². The summed E-state index contributed by atoms with van der Waals surface area (Å²) in [6.45, 7) is 1.09. The maximum Gasteiger partial charge on any atom is 0.187 e. The van der Waals surface area contributed by atoms with Crippen LogP contribution in [0.2, 0.25) is 0 Å². The maximum absolute atomic E-state index is 6.37. The number of rotatable bonds is 4. The minimum Gasteiger partial charge on any atom is -0.352 e. The number of ether oxygens (including phenoxy) is 4. The first kappa shape index (κ1) is 17.6. The largest absolute Gasteiger partial charge is 0.352 e. The molecule has 1 fully saturated rings. The van der Waals surface area contributed by atoms with Gasteiger partial charge < -0.3 is 18.9 Å². The highest BCUT2D eigenvalue weighted by molar-refractivity contribution is 5.28. The Morgan fingerprint density at radius 3 is 2.54 bits per heavy atom. The number of fused-ring (bicyclic) bond motifs is 3. The molecule has 6 nitrogen and oxygen atoms in total. The summed E-state index contributed by atoms with van der Waals surface area (Å²) in [5, 5.41) is 4.62. The summed E-state index contributed by atoms with van der Waals surface area (Å²) in [6.07, 6.45) is 0.397. The molecule has 0 saturated carbocycles. The molecule has 0 unspecified atom stereocenters. The van der Waals surface area contributed by atoms with E-state index in [0.717, 1.165) is 16.8 Å². The molecule has 0 amide bonds. The minimum atomic E-state index is -0.471. The molecular formula is C22H22N2O4. The summed E-state index contributed by atoms with van der Waals surface area (Å²) in [5.74, 6) is 0. The lowest BCUT2D eigenvalue weighted by atomic mass is 10.0. The molecule has 144 valence electrons. The van der Waals surface area contributed by atoms with Crippen molar-refractivity contribution in [1.82, 2.24) is 9.78 Å². The standard InChI is InChI=1S/C22H22N2O4/c1-25-22-17-12-23-24(13-15-8-4-2-5-9-15)19(17)20-18(27-22)14-26-21(28-20)16-10-6-3-7-11-16/h2-12,18,20-22H,13-14H2,1H3/t18-,20-,21-,22+/m1/s1. The lowest BCUT2D eigenvalue weighted by molar-refractivity contribution is -0.307. The second kappa shape index (κ2) is 7.48. The van der Waals surface area contributed by atoms with Crippen LogP contribution in [0, 0.1) is 0 Å². The van der Waals surface area contributed by atoms with Gasteiger partial charge in [-0.25, -0.2) is 0 Å². The summed E-state index contributed by atoms with van der Waals surface area (Å²) in [7, 11) is 1.64. The van der Waals surface area contributed by atoms with Crippen LogP contribution in [0.1, 0.15) is 41.1 Å². The highest BCUT2D eigenvalue weighted by atomic mass is 16.7. The number of nitrogens with zero attached hydrogens (tertiary/aromatic N) is 2. The van der Waals surface area contributed by atoms with Crippen LogP contribution in [0.15, 0.2) is 66.9 Å². The third-order valence-corrected chi connectivity index (χ3v) is 5.21. The van der Waals surface area contributed by atoms with Gasteiger partial charge in [0.1, 0.15) is 12.2 Å². The molecule has 2 aromatic carbocycles. The van der Waals surface area contributed by atoms with Crippen molar-refractivity contribution in [3.8, 4) is 0 Å². The van der Waals surface area contributed by atoms with E-state index in [-0.39, 0.29) is 12.2 Å². The van der Waals surface area contributed by atoms with Gasteiger partial charge in [-0.2, -0.15) is 5.10 Å². The lowest BCUT2D eigenvalue weighted by Crippen LogP contribution is -2.42. The molecule has 0 spiro atoms. The molecule has 0 radical (unpaired) electrons. The van der Waals surface area contributed by atoms with Crippen molar-refractivity contribution in [1.29, 1.82) is 0 Å². The van der Waals surface area contributed by atoms with Crippen molar-refractivity contribution in [2.24, 2.45) is 0 Å². The molecule has 3 heterocycles.